The van der Waals surface area contributed by atoms with Gasteiger partial charge >= 0.3 is 12.2 Å². The zero-order valence-corrected chi connectivity index (χ0v) is 18.5. The number of amidine groups is 1. The second-order valence-corrected chi connectivity index (χ2v) is 9.36. The highest BCUT2D eigenvalue weighted by molar-refractivity contribution is 5.84. The van der Waals surface area contributed by atoms with Crippen LogP contribution >= 0.6 is 0 Å². The lowest BCUT2D eigenvalue weighted by Crippen LogP contribution is -2.48. The highest BCUT2D eigenvalue weighted by Gasteiger charge is 2.32. The Morgan fingerprint density at radius 3 is 2.59 bits per heavy atom. The summed E-state index contributed by atoms with van der Waals surface area (Å²) in [7, 11) is 0. The fourth-order valence-corrected chi connectivity index (χ4v) is 5.04. The summed E-state index contributed by atoms with van der Waals surface area (Å²) in [6, 6.07) is 5.71. The number of halogens is 3. The van der Waals surface area contributed by atoms with E-state index in [1.54, 1.807) is 6.07 Å². The highest BCUT2D eigenvalue weighted by atomic mass is 19.4. The number of likely N-dealkylation sites (tertiary alicyclic amines) is 1. The third-order valence-corrected chi connectivity index (χ3v) is 7.05. The van der Waals surface area contributed by atoms with Crippen molar-refractivity contribution in [3.05, 3.63) is 35.4 Å². The lowest BCUT2D eigenvalue weighted by atomic mass is 9.92. The molecule has 1 saturated heterocycles. The number of alkyl halides is 3. The summed E-state index contributed by atoms with van der Waals surface area (Å²) in [5.41, 5.74) is 0.000366. The molecule has 32 heavy (non-hydrogen) atoms. The Labute approximate surface area is 187 Å². The summed E-state index contributed by atoms with van der Waals surface area (Å²) in [4.78, 5) is 19.0. The molecule has 1 aliphatic carbocycles. The molecule has 0 radical (unpaired) electrons. The quantitative estimate of drug-likeness (QED) is 0.641. The molecular weight excluding hydrogens is 417 g/mol. The molecule has 4 rings (SSSR count). The van der Waals surface area contributed by atoms with E-state index in [0.29, 0.717) is 24.1 Å². The number of urea groups is 1. The van der Waals surface area contributed by atoms with E-state index in [4.69, 9.17) is 0 Å². The fourth-order valence-electron chi connectivity index (χ4n) is 5.04. The summed E-state index contributed by atoms with van der Waals surface area (Å²) in [5.74, 6) is 1.43. The van der Waals surface area contributed by atoms with Crippen molar-refractivity contribution in [2.45, 2.75) is 76.0 Å². The number of amides is 2. The molecule has 0 spiro atoms. The van der Waals surface area contributed by atoms with Gasteiger partial charge in [-0.15, -0.1) is 0 Å². The van der Waals surface area contributed by atoms with Gasteiger partial charge in [0.05, 0.1) is 24.0 Å². The predicted octanol–water partition coefficient (Wildman–Crippen LogP) is 5.28. The molecule has 176 valence electrons. The van der Waals surface area contributed by atoms with Crippen molar-refractivity contribution in [2.75, 3.05) is 19.6 Å². The van der Waals surface area contributed by atoms with Crippen LogP contribution in [0.2, 0.25) is 0 Å². The van der Waals surface area contributed by atoms with Gasteiger partial charge in [0.1, 0.15) is 0 Å². The summed E-state index contributed by atoms with van der Waals surface area (Å²) < 4.78 is 38.9. The van der Waals surface area contributed by atoms with Crippen molar-refractivity contribution >= 4 is 11.9 Å². The smallest absolute Gasteiger partial charge is 0.365 e. The van der Waals surface area contributed by atoms with Gasteiger partial charge in [0.15, 0.2) is 0 Å². The number of aliphatic imine (C=N–C) groups is 1. The topological polar surface area (TPSA) is 56.7 Å². The Balaban J connectivity index is 1.18. The van der Waals surface area contributed by atoms with Gasteiger partial charge in [-0.25, -0.2) is 4.79 Å². The Morgan fingerprint density at radius 1 is 1.12 bits per heavy atom. The largest absolute Gasteiger partial charge is 0.416 e. The lowest BCUT2D eigenvalue weighted by Gasteiger charge is -2.34. The van der Waals surface area contributed by atoms with Gasteiger partial charge in [-0.05, 0) is 55.7 Å². The van der Waals surface area contributed by atoms with Gasteiger partial charge in [0.2, 0.25) is 0 Å². The Kier molecular flexibility index (Phi) is 7.26. The Morgan fingerprint density at radius 2 is 1.88 bits per heavy atom. The van der Waals surface area contributed by atoms with Crippen molar-refractivity contribution in [1.29, 1.82) is 0 Å². The Bertz CT molecular complexity index is 812. The van der Waals surface area contributed by atoms with Crippen LogP contribution in [0.4, 0.5) is 18.0 Å². The number of carbonyl (C=O) groups is 1. The molecule has 1 saturated carbocycles. The molecule has 2 heterocycles. The van der Waals surface area contributed by atoms with Crippen LogP contribution in [-0.4, -0.2) is 42.4 Å². The van der Waals surface area contributed by atoms with Crippen LogP contribution < -0.4 is 10.6 Å². The Hall–Kier alpha value is -2.25. The monoisotopic (exact) mass is 450 g/mol. The van der Waals surface area contributed by atoms with E-state index in [1.165, 1.54) is 31.4 Å². The number of hydrogen-bond donors (Lipinski definition) is 2. The second-order valence-electron chi connectivity index (χ2n) is 9.36. The maximum absolute atomic E-state index is 13.0. The van der Waals surface area contributed by atoms with Gasteiger partial charge in [0, 0.05) is 25.6 Å². The number of rotatable bonds is 5. The molecule has 5 nitrogen and oxygen atoms in total. The van der Waals surface area contributed by atoms with Crippen LogP contribution in [0.3, 0.4) is 0 Å². The van der Waals surface area contributed by atoms with Crippen molar-refractivity contribution in [3.63, 3.8) is 0 Å². The van der Waals surface area contributed by atoms with Crippen molar-refractivity contribution in [1.82, 2.24) is 15.5 Å². The third-order valence-electron chi connectivity index (χ3n) is 7.05. The van der Waals surface area contributed by atoms with E-state index >= 15 is 0 Å². The first kappa shape index (κ1) is 22.9. The maximum Gasteiger partial charge on any atom is 0.416 e. The van der Waals surface area contributed by atoms with Gasteiger partial charge < -0.3 is 15.5 Å². The molecule has 3 aliphatic rings. The summed E-state index contributed by atoms with van der Waals surface area (Å²) in [6.45, 7) is 2.04. The van der Waals surface area contributed by atoms with Crippen molar-refractivity contribution in [2.24, 2.45) is 10.9 Å². The number of nitrogens with one attached hydrogen (secondary N) is 2. The van der Waals surface area contributed by atoms with Crippen LogP contribution in [0, 0.1) is 5.92 Å². The first-order valence-electron chi connectivity index (χ1n) is 11.9. The third kappa shape index (κ3) is 5.95. The van der Waals surface area contributed by atoms with Crippen LogP contribution in [0.25, 0.3) is 0 Å². The zero-order chi connectivity index (χ0) is 22.6. The van der Waals surface area contributed by atoms with E-state index in [2.05, 4.69) is 15.6 Å². The van der Waals surface area contributed by atoms with Crippen LogP contribution in [0.15, 0.2) is 29.3 Å². The standard InChI is InChI=1S/C24H33F3N4O/c25-24(26,27)19-6-4-5-18(15-19)21-16-28-22(30-21)10-9-17-11-13-31(14-12-17)23(32)29-20-7-2-1-3-8-20/h4-6,15,17,20-21H,1-3,7-14,16H2,(H,28,30)(H,29,32). The molecule has 2 fully saturated rings. The van der Waals surface area contributed by atoms with E-state index in [-0.39, 0.29) is 12.1 Å². The minimum absolute atomic E-state index is 0.0844. The fraction of sp³-hybridized carbons (Fsp3) is 0.667. The van der Waals surface area contributed by atoms with Gasteiger partial charge in [0.25, 0.3) is 0 Å². The molecule has 2 amide bonds. The molecule has 2 N–H and O–H groups in total. The normalized spacial score (nSPS) is 23.0. The molecule has 1 aromatic carbocycles. The molecule has 0 bridgehead atoms. The van der Waals surface area contributed by atoms with E-state index in [0.717, 1.165) is 63.5 Å². The van der Waals surface area contributed by atoms with Gasteiger partial charge in [-0.2, -0.15) is 13.2 Å². The molecule has 1 unspecified atom stereocenters. The number of nitrogens with zero attached hydrogens (tertiary/aromatic N) is 2. The molecule has 1 atom stereocenters. The van der Waals surface area contributed by atoms with Crippen LogP contribution in [0.5, 0.6) is 0 Å². The molecule has 1 aromatic rings. The van der Waals surface area contributed by atoms with E-state index in [1.807, 2.05) is 4.90 Å². The van der Waals surface area contributed by atoms with E-state index < -0.39 is 11.7 Å². The minimum atomic E-state index is -4.33. The zero-order valence-electron chi connectivity index (χ0n) is 18.5. The predicted molar refractivity (Wildman–Crippen MR) is 119 cm³/mol. The first-order chi connectivity index (χ1) is 15.4. The SMILES string of the molecule is O=C(NC1CCCCC1)N1CCC(CCC2=NCC(c3cccc(C(F)(F)F)c3)N2)CC1. The van der Waals surface area contributed by atoms with E-state index in [9.17, 15) is 18.0 Å². The molecule has 0 aromatic heterocycles. The number of carbonyl (C=O) groups excluding carboxylic acids is 1. The van der Waals surface area contributed by atoms with Gasteiger partial charge in [-0.3, -0.25) is 4.99 Å². The average Bonchev–Trinajstić information content (AvgIpc) is 3.27. The van der Waals surface area contributed by atoms with Gasteiger partial charge in [-0.1, -0.05) is 31.4 Å². The summed E-state index contributed by atoms with van der Waals surface area (Å²) in [6.07, 6.45) is 5.31. The second kappa shape index (κ2) is 10.1. The van der Waals surface area contributed by atoms with Crippen molar-refractivity contribution in [3.8, 4) is 0 Å². The highest BCUT2D eigenvalue weighted by Crippen LogP contribution is 2.31. The van der Waals surface area contributed by atoms with Crippen molar-refractivity contribution < 1.29 is 18.0 Å². The number of benzene rings is 1. The summed E-state index contributed by atoms with van der Waals surface area (Å²) in [5, 5.41) is 6.51. The number of piperidine rings is 1. The molecular formula is C24H33F3N4O. The molecule has 2 aliphatic heterocycles. The number of hydrogen-bond acceptors (Lipinski definition) is 3. The first-order valence-corrected chi connectivity index (χ1v) is 11.9. The summed E-state index contributed by atoms with van der Waals surface area (Å²) >= 11 is 0. The van der Waals surface area contributed by atoms with Crippen LogP contribution in [0.1, 0.15) is 75.0 Å². The average molecular weight is 451 g/mol. The lowest BCUT2D eigenvalue weighted by molar-refractivity contribution is -0.137. The molecule has 8 heteroatoms. The van der Waals surface area contributed by atoms with Crippen LogP contribution in [-0.2, 0) is 6.18 Å². The minimum Gasteiger partial charge on any atom is -0.365 e. The maximum atomic E-state index is 13.0.